The minimum Gasteiger partial charge on any atom is -0.378 e. The van der Waals surface area contributed by atoms with Gasteiger partial charge in [-0.05, 0) is 18.3 Å². The highest BCUT2D eigenvalue weighted by atomic mass is 35.5. The van der Waals surface area contributed by atoms with Gasteiger partial charge in [0.2, 0.25) is 5.91 Å². The summed E-state index contributed by atoms with van der Waals surface area (Å²) in [7, 11) is 0. The lowest BCUT2D eigenvalue weighted by atomic mass is 9.88. The van der Waals surface area contributed by atoms with Crippen LogP contribution in [0.4, 0.5) is 5.69 Å². The molecule has 5 rings (SSSR count). The van der Waals surface area contributed by atoms with E-state index in [-0.39, 0.29) is 29.7 Å². The molecule has 0 radical (unpaired) electrons. The molecule has 132 valence electrons. The SMILES string of the molecule is NC(=O)[C@@H]1[C@H](Nc2c(Cl)cnc3nc(-c4cncs4)[nH]c23)[C@@H]2C=C[C@@H]1C2. The number of pyridine rings is 1. The summed E-state index contributed by atoms with van der Waals surface area (Å²) in [6.07, 6.45) is 8.52. The first kappa shape index (κ1) is 15.8. The number of H-pyrrole nitrogens is 1. The third-order valence-electron chi connectivity index (χ3n) is 5.24. The van der Waals surface area contributed by atoms with Gasteiger partial charge in [-0.1, -0.05) is 23.8 Å². The van der Waals surface area contributed by atoms with E-state index >= 15 is 0 Å². The van der Waals surface area contributed by atoms with Gasteiger partial charge in [0.15, 0.2) is 11.5 Å². The fourth-order valence-corrected chi connectivity index (χ4v) is 4.86. The number of rotatable bonds is 4. The maximum absolute atomic E-state index is 12.0. The Morgan fingerprint density at radius 1 is 1.35 bits per heavy atom. The van der Waals surface area contributed by atoms with Crippen molar-refractivity contribution in [2.24, 2.45) is 23.5 Å². The number of nitrogens with one attached hydrogen (secondary N) is 2. The third-order valence-corrected chi connectivity index (χ3v) is 6.30. The highest BCUT2D eigenvalue weighted by Crippen LogP contribution is 2.46. The number of carbonyl (C=O) groups excluding carboxylic acids is 1. The summed E-state index contributed by atoms with van der Waals surface area (Å²) in [5, 5.41) is 3.94. The number of anilines is 1. The maximum Gasteiger partial charge on any atom is 0.223 e. The summed E-state index contributed by atoms with van der Waals surface area (Å²) in [6, 6.07) is -0.0826. The maximum atomic E-state index is 12.0. The monoisotopic (exact) mass is 386 g/mol. The quantitative estimate of drug-likeness (QED) is 0.597. The molecule has 2 aliphatic rings. The summed E-state index contributed by atoms with van der Waals surface area (Å²) in [5.74, 6) is 0.629. The first-order valence-electron chi connectivity index (χ1n) is 8.29. The van der Waals surface area contributed by atoms with Crippen molar-refractivity contribution in [1.29, 1.82) is 0 Å². The molecule has 0 saturated heterocycles. The zero-order valence-corrected chi connectivity index (χ0v) is 15.1. The summed E-state index contributed by atoms with van der Waals surface area (Å²) >= 11 is 7.92. The molecule has 3 aromatic rings. The van der Waals surface area contributed by atoms with Crippen LogP contribution in [0.2, 0.25) is 5.02 Å². The average Bonchev–Trinajstić information content (AvgIpc) is 3.39. The lowest BCUT2D eigenvalue weighted by Gasteiger charge is -2.28. The van der Waals surface area contributed by atoms with Crippen LogP contribution in [0, 0.1) is 17.8 Å². The Bertz CT molecular complexity index is 1030. The van der Waals surface area contributed by atoms with E-state index in [0.717, 1.165) is 16.8 Å². The summed E-state index contributed by atoms with van der Waals surface area (Å²) in [5.41, 5.74) is 9.40. The Morgan fingerprint density at radius 3 is 2.96 bits per heavy atom. The smallest absolute Gasteiger partial charge is 0.223 e. The van der Waals surface area contributed by atoms with Gasteiger partial charge in [0.05, 0.1) is 33.2 Å². The van der Waals surface area contributed by atoms with E-state index in [1.54, 1.807) is 17.9 Å². The Labute approximate surface area is 157 Å². The Hall–Kier alpha value is -2.45. The van der Waals surface area contributed by atoms with Crippen LogP contribution in [0.3, 0.4) is 0 Å². The molecule has 4 atom stereocenters. The Morgan fingerprint density at radius 2 is 2.19 bits per heavy atom. The number of amides is 1. The number of fused-ring (bicyclic) bond motifs is 3. The number of thiazole rings is 1. The minimum absolute atomic E-state index is 0.0826. The van der Waals surface area contributed by atoms with Gasteiger partial charge in [-0.3, -0.25) is 9.78 Å². The van der Waals surface area contributed by atoms with Crippen molar-refractivity contribution in [3.05, 3.63) is 35.1 Å². The normalized spacial score (nSPS) is 26.7. The minimum atomic E-state index is -0.282. The van der Waals surface area contributed by atoms with Crippen molar-refractivity contribution in [2.75, 3.05) is 5.32 Å². The highest BCUT2D eigenvalue weighted by Gasteiger charge is 2.47. The molecule has 0 spiro atoms. The van der Waals surface area contributed by atoms with E-state index in [9.17, 15) is 4.79 Å². The molecule has 9 heteroatoms. The number of aromatic amines is 1. The molecule has 1 fully saturated rings. The number of allylic oxidation sites excluding steroid dienone is 1. The predicted molar refractivity (Wildman–Crippen MR) is 101 cm³/mol. The van der Waals surface area contributed by atoms with Crippen LogP contribution in [0.25, 0.3) is 21.9 Å². The van der Waals surface area contributed by atoms with Crippen molar-refractivity contribution in [1.82, 2.24) is 19.9 Å². The van der Waals surface area contributed by atoms with E-state index in [4.69, 9.17) is 17.3 Å². The topological polar surface area (TPSA) is 110 Å². The molecular weight excluding hydrogens is 372 g/mol. The standard InChI is InChI=1S/C17H15ClN6OS/c18-9-4-21-17-14(23-16(24-17)10-5-20-6-26-10)13(9)22-12-8-2-1-7(3-8)11(12)15(19)25/h1-2,4-8,11-12H,3H2,(H2,19,25)(H2,21,22,23,24)/t7-,8-,11+,12-/m1/s1. The lowest BCUT2D eigenvalue weighted by molar-refractivity contribution is -0.122. The molecule has 3 heterocycles. The van der Waals surface area contributed by atoms with Crippen LogP contribution in [0.5, 0.6) is 0 Å². The van der Waals surface area contributed by atoms with Crippen LogP contribution in [-0.4, -0.2) is 31.9 Å². The van der Waals surface area contributed by atoms with Gasteiger partial charge in [0, 0.05) is 12.2 Å². The number of carbonyl (C=O) groups is 1. The van der Waals surface area contributed by atoms with Crippen molar-refractivity contribution >= 4 is 45.7 Å². The molecule has 1 amide bonds. The van der Waals surface area contributed by atoms with Crippen molar-refractivity contribution in [3.8, 4) is 10.7 Å². The molecular formula is C17H15ClN6OS. The van der Waals surface area contributed by atoms with Crippen molar-refractivity contribution in [3.63, 3.8) is 0 Å². The van der Waals surface area contributed by atoms with E-state index in [1.165, 1.54) is 11.3 Å². The van der Waals surface area contributed by atoms with E-state index in [0.29, 0.717) is 22.2 Å². The molecule has 4 N–H and O–H groups in total. The van der Waals surface area contributed by atoms with Gasteiger partial charge in [-0.15, -0.1) is 11.3 Å². The van der Waals surface area contributed by atoms with Gasteiger partial charge in [0.1, 0.15) is 5.52 Å². The number of hydrogen-bond donors (Lipinski definition) is 3. The predicted octanol–water partition coefficient (Wildman–Crippen LogP) is 2.82. The largest absolute Gasteiger partial charge is 0.378 e. The number of primary amides is 1. The number of aromatic nitrogens is 4. The summed E-state index contributed by atoms with van der Waals surface area (Å²) < 4.78 is 0. The van der Waals surface area contributed by atoms with Crippen LogP contribution >= 0.6 is 22.9 Å². The molecule has 0 unspecified atom stereocenters. The number of hydrogen-bond acceptors (Lipinski definition) is 6. The van der Waals surface area contributed by atoms with E-state index in [2.05, 4.69) is 37.4 Å². The van der Waals surface area contributed by atoms with Crippen LogP contribution < -0.4 is 11.1 Å². The molecule has 0 aromatic carbocycles. The first-order chi connectivity index (χ1) is 12.6. The molecule has 7 nitrogen and oxygen atoms in total. The average molecular weight is 387 g/mol. The number of halogens is 1. The van der Waals surface area contributed by atoms with Gasteiger partial charge >= 0.3 is 0 Å². The van der Waals surface area contributed by atoms with Crippen LogP contribution in [0.1, 0.15) is 6.42 Å². The summed E-state index contributed by atoms with van der Waals surface area (Å²) in [6.45, 7) is 0. The fourth-order valence-electron chi connectivity index (χ4n) is 4.10. The van der Waals surface area contributed by atoms with Gasteiger partial charge < -0.3 is 16.0 Å². The van der Waals surface area contributed by atoms with Crippen LogP contribution in [0.15, 0.2) is 30.1 Å². The van der Waals surface area contributed by atoms with E-state index in [1.807, 2.05) is 0 Å². The third kappa shape index (κ3) is 2.33. The van der Waals surface area contributed by atoms with Gasteiger partial charge in [0.25, 0.3) is 0 Å². The molecule has 0 aliphatic heterocycles. The van der Waals surface area contributed by atoms with Crippen molar-refractivity contribution in [2.45, 2.75) is 12.5 Å². The zero-order valence-electron chi connectivity index (χ0n) is 13.5. The highest BCUT2D eigenvalue weighted by molar-refractivity contribution is 7.13. The Balaban J connectivity index is 1.57. The van der Waals surface area contributed by atoms with Crippen LogP contribution in [-0.2, 0) is 4.79 Å². The number of imidazole rings is 1. The second-order valence-electron chi connectivity index (χ2n) is 6.68. The number of nitrogens with two attached hydrogens (primary N) is 1. The van der Waals surface area contributed by atoms with E-state index < -0.39 is 0 Å². The fraction of sp³-hybridized carbons (Fsp3) is 0.294. The molecule has 3 aromatic heterocycles. The lowest BCUT2D eigenvalue weighted by Crippen LogP contribution is -2.41. The molecule has 2 aliphatic carbocycles. The number of nitrogens with zero attached hydrogens (tertiary/aromatic N) is 3. The zero-order chi connectivity index (χ0) is 17.8. The molecule has 26 heavy (non-hydrogen) atoms. The summed E-state index contributed by atoms with van der Waals surface area (Å²) in [4.78, 5) is 29.1. The second kappa shape index (κ2) is 5.78. The molecule has 2 bridgehead atoms. The first-order valence-corrected chi connectivity index (χ1v) is 9.55. The molecule has 1 saturated carbocycles. The van der Waals surface area contributed by atoms with Gasteiger partial charge in [-0.2, -0.15) is 0 Å². The second-order valence-corrected chi connectivity index (χ2v) is 7.97. The Kier molecular flexibility index (Phi) is 3.51. The van der Waals surface area contributed by atoms with Gasteiger partial charge in [-0.25, -0.2) is 9.97 Å². The van der Waals surface area contributed by atoms with Crippen molar-refractivity contribution < 1.29 is 4.79 Å².